The van der Waals surface area contributed by atoms with Gasteiger partial charge in [-0.25, -0.2) is 4.79 Å². The molecule has 0 bridgehead atoms. The summed E-state index contributed by atoms with van der Waals surface area (Å²) in [5.74, 6) is -1.11. The Labute approximate surface area is 160 Å². The number of carbonyl (C=O) groups is 1. The quantitative estimate of drug-likeness (QED) is 0.553. The SMILES string of the molecule is O=C(O)c1ccc(CCc2ccccc2)cc1Nc1ccc(C(F)(F)F)cc1. The van der Waals surface area contributed by atoms with E-state index in [4.69, 9.17) is 0 Å². The first-order valence-electron chi connectivity index (χ1n) is 8.67. The minimum Gasteiger partial charge on any atom is -0.478 e. The second-order valence-corrected chi connectivity index (χ2v) is 6.37. The highest BCUT2D eigenvalue weighted by Gasteiger charge is 2.29. The smallest absolute Gasteiger partial charge is 0.416 e. The molecule has 0 aliphatic carbocycles. The molecular formula is C22H18F3NO2. The van der Waals surface area contributed by atoms with Crippen molar-refractivity contribution in [1.82, 2.24) is 0 Å². The first-order valence-corrected chi connectivity index (χ1v) is 8.67. The molecule has 28 heavy (non-hydrogen) atoms. The molecule has 144 valence electrons. The second-order valence-electron chi connectivity index (χ2n) is 6.37. The van der Waals surface area contributed by atoms with Gasteiger partial charge in [0.25, 0.3) is 0 Å². The summed E-state index contributed by atoms with van der Waals surface area (Å²) in [6.45, 7) is 0. The fourth-order valence-corrected chi connectivity index (χ4v) is 2.87. The van der Waals surface area contributed by atoms with Crippen LogP contribution >= 0.6 is 0 Å². The van der Waals surface area contributed by atoms with Crippen LogP contribution in [0.3, 0.4) is 0 Å². The normalized spacial score (nSPS) is 11.2. The van der Waals surface area contributed by atoms with Crippen molar-refractivity contribution in [2.24, 2.45) is 0 Å². The van der Waals surface area contributed by atoms with Crippen LogP contribution in [0, 0.1) is 0 Å². The molecular weight excluding hydrogens is 367 g/mol. The highest BCUT2D eigenvalue weighted by Crippen LogP contribution is 2.31. The average Bonchev–Trinajstić information content (AvgIpc) is 2.67. The van der Waals surface area contributed by atoms with Crippen molar-refractivity contribution < 1.29 is 23.1 Å². The Kier molecular flexibility index (Phi) is 5.68. The molecule has 0 unspecified atom stereocenters. The van der Waals surface area contributed by atoms with Crippen LogP contribution in [0.25, 0.3) is 0 Å². The molecule has 0 aliphatic heterocycles. The molecule has 3 nitrogen and oxygen atoms in total. The molecule has 0 atom stereocenters. The lowest BCUT2D eigenvalue weighted by Crippen LogP contribution is -2.06. The van der Waals surface area contributed by atoms with Gasteiger partial charge in [-0.05, 0) is 60.4 Å². The van der Waals surface area contributed by atoms with Crippen molar-refractivity contribution in [3.05, 3.63) is 95.1 Å². The molecule has 2 N–H and O–H groups in total. The predicted octanol–water partition coefficient (Wildman–Crippen LogP) is 5.93. The minimum atomic E-state index is -4.41. The Balaban J connectivity index is 1.80. The number of aromatic carboxylic acids is 1. The van der Waals surface area contributed by atoms with Gasteiger partial charge in [0.2, 0.25) is 0 Å². The molecule has 0 saturated carbocycles. The van der Waals surface area contributed by atoms with Crippen LogP contribution in [0.2, 0.25) is 0 Å². The average molecular weight is 385 g/mol. The molecule has 6 heteroatoms. The molecule has 0 saturated heterocycles. The molecule has 3 aromatic rings. The number of hydrogen-bond acceptors (Lipinski definition) is 2. The zero-order valence-corrected chi connectivity index (χ0v) is 14.8. The summed E-state index contributed by atoms with van der Waals surface area (Å²) in [4.78, 5) is 11.5. The molecule has 3 rings (SSSR count). The van der Waals surface area contributed by atoms with E-state index in [2.05, 4.69) is 5.32 Å². The third-order valence-electron chi connectivity index (χ3n) is 4.35. The van der Waals surface area contributed by atoms with Crippen molar-refractivity contribution in [1.29, 1.82) is 0 Å². The minimum absolute atomic E-state index is 0.0587. The summed E-state index contributed by atoms with van der Waals surface area (Å²) in [6, 6.07) is 19.4. The lowest BCUT2D eigenvalue weighted by Gasteiger charge is -2.13. The summed E-state index contributed by atoms with van der Waals surface area (Å²) in [5, 5.41) is 12.3. The Hall–Kier alpha value is -3.28. The summed E-state index contributed by atoms with van der Waals surface area (Å²) in [7, 11) is 0. The first kappa shape index (κ1) is 19.5. The van der Waals surface area contributed by atoms with Gasteiger partial charge < -0.3 is 10.4 Å². The summed E-state index contributed by atoms with van der Waals surface area (Å²) < 4.78 is 38.1. The zero-order valence-electron chi connectivity index (χ0n) is 14.8. The van der Waals surface area contributed by atoms with Crippen LogP contribution in [0.5, 0.6) is 0 Å². The monoisotopic (exact) mass is 385 g/mol. The van der Waals surface area contributed by atoms with Crippen molar-refractivity contribution >= 4 is 17.3 Å². The van der Waals surface area contributed by atoms with Gasteiger partial charge in [0.1, 0.15) is 0 Å². The molecule has 0 aliphatic rings. The van der Waals surface area contributed by atoms with Gasteiger partial charge >= 0.3 is 12.1 Å². The van der Waals surface area contributed by atoms with Gasteiger partial charge in [-0.3, -0.25) is 0 Å². The number of hydrogen-bond donors (Lipinski definition) is 2. The first-order chi connectivity index (χ1) is 13.3. The highest BCUT2D eigenvalue weighted by atomic mass is 19.4. The third kappa shape index (κ3) is 4.91. The van der Waals surface area contributed by atoms with Crippen molar-refractivity contribution in [3.63, 3.8) is 0 Å². The lowest BCUT2D eigenvalue weighted by atomic mass is 10.0. The van der Waals surface area contributed by atoms with E-state index in [9.17, 15) is 23.1 Å². The van der Waals surface area contributed by atoms with Crippen LogP contribution in [0.1, 0.15) is 27.0 Å². The topological polar surface area (TPSA) is 49.3 Å². The molecule has 0 aromatic heterocycles. The number of rotatable bonds is 6. The van der Waals surface area contributed by atoms with E-state index in [1.54, 1.807) is 12.1 Å². The molecule has 0 heterocycles. The second kappa shape index (κ2) is 8.17. The van der Waals surface area contributed by atoms with E-state index >= 15 is 0 Å². The summed E-state index contributed by atoms with van der Waals surface area (Å²) in [6.07, 6.45) is -2.90. The van der Waals surface area contributed by atoms with Gasteiger partial charge in [0, 0.05) is 5.69 Å². The maximum atomic E-state index is 12.7. The van der Waals surface area contributed by atoms with Crippen molar-refractivity contribution in [2.45, 2.75) is 19.0 Å². The van der Waals surface area contributed by atoms with Crippen molar-refractivity contribution in [2.75, 3.05) is 5.32 Å². The Morgan fingerprint density at radius 1 is 0.857 bits per heavy atom. The summed E-state index contributed by atoms with van der Waals surface area (Å²) in [5.41, 5.74) is 2.13. The Morgan fingerprint density at radius 2 is 1.50 bits per heavy atom. The Morgan fingerprint density at radius 3 is 2.11 bits per heavy atom. The van der Waals surface area contributed by atoms with E-state index in [-0.39, 0.29) is 5.56 Å². The fraction of sp³-hybridized carbons (Fsp3) is 0.136. The van der Waals surface area contributed by atoms with Gasteiger partial charge in [0.15, 0.2) is 0 Å². The fourth-order valence-electron chi connectivity index (χ4n) is 2.87. The summed E-state index contributed by atoms with van der Waals surface area (Å²) >= 11 is 0. The van der Waals surface area contributed by atoms with Crippen LogP contribution in [-0.4, -0.2) is 11.1 Å². The van der Waals surface area contributed by atoms with Crippen LogP contribution in [0.15, 0.2) is 72.8 Å². The van der Waals surface area contributed by atoms with Gasteiger partial charge in [-0.1, -0.05) is 36.4 Å². The predicted molar refractivity (Wildman–Crippen MR) is 102 cm³/mol. The standard InChI is InChI=1S/C22H18F3NO2/c23-22(24,25)17-9-11-18(12-10-17)26-20-14-16(8-13-19(20)21(27)28)7-6-15-4-2-1-3-5-15/h1-5,8-14,26H,6-7H2,(H,27,28). The van der Waals surface area contributed by atoms with Gasteiger partial charge in [-0.15, -0.1) is 0 Å². The number of aryl methyl sites for hydroxylation is 2. The maximum Gasteiger partial charge on any atom is 0.416 e. The van der Waals surface area contributed by atoms with Crippen LogP contribution in [0.4, 0.5) is 24.5 Å². The number of nitrogens with one attached hydrogen (secondary N) is 1. The van der Waals surface area contributed by atoms with Gasteiger partial charge in [-0.2, -0.15) is 13.2 Å². The van der Waals surface area contributed by atoms with E-state index in [0.29, 0.717) is 17.8 Å². The number of halogens is 3. The van der Waals surface area contributed by atoms with Crippen LogP contribution in [-0.2, 0) is 19.0 Å². The number of carboxylic acid groups (broad SMARTS) is 1. The molecule has 0 fully saturated rings. The molecule has 0 spiro atoms. The third-order valence-corrected chi connectivity index (χ3v) is 4.35. The van der Waals surface area contributed by atoms with E-state index < -0.39 is 17.7 Å². The Bertz CT molecular complexity index is 952. The lowest BCUT2D eigenvalue weighted by molar-refractivity contribution is -0.137. The van der Waals surface area contributed by atoms with E-state index in [0.717, 1.165) is 24.1 Å². The van der Waals surface area contributed by atoms with E-state index in [1.807, 2.05) is 30.3 Å². The van der Waals surface area contributed by atoms with Crippen LogP contribution < -0.4 is 5.32 Å². The molecule has 3 aromatic carbocycles. The number of anilines is 2. The number of carboxylic acids is 1. The number of alkyl halides is 3. The zero-order chi connectivity index (χ0) is 20.1. The largest absolute Gasteiger partial charge is 0.478 e. The molecule has 0 amide bonds. The molecule has 0 radical (unpaired) electrons. The van der Waals surface area contributed by atoms with Gasteiger partial charge in [0.05, 0.1) is 16.8 Å². The highest BCUT2D eigenvalue weighted by molar-refractivity contribution is 5.95. The number of benzene rings is 3. The maximum absolute atomic E-state index is 12.7. The van der Waals surface area contributed by atoms with E-state index in [1.165, 1.54) is 23.8 Å². The van der Waals surface area contributed by atoms with Crippen molar-refractivity contribution in [3.8, 4) is 0 Å².